The first-order chi connectivity index (χ1) is 23.9. The van der Waals surface area contributed by atoms with E-state index in [0.717, 1.165) is 44.9 Å². The van der Waals surface area contributed by atoms with Crippen LogP contribution in [0.15, 0.2) is 12.2 Å². The number of phosphoric ester groups is 1. The van der Waals surface area contributed by atoms with Gasteiger partial charge in [0.15, 0.2) is 0 Å². The molecule has 0 aromatic heterocycles. The van der Waals surface area contributed by atoms with Crippen LogP contribution in [0.3, 0.4) is 0 Å². The van der Waals surface area contributed by atoms with Crippen LogP contribution in [0, 0.1) is 0 Å². The minimum atomic E-state index is -5.06. The van der Waals surface area contributed by atoms with E-state index in [1.165, 1.54) is 96.0 Å². The fourth-order valence-electron chi connectivity index (χ4n) is 6.25. The molecule has 0 bridgehead atoms. The van der Waals surface area contributed by atoms with E-state index in [9.17, 15) is 44.9 Å². The molecule has 0 aromatic rings. The van der Waals surface area contributed by atoms with E-state index < -0.39 is 63.2 Å². The van der Waals surface area contributed by atoms with E-state index in [1.54, 1.807) is 0 Å². The third-order valence-electron chi connectivity index (χ3n) is 9.57. The van der Waals surface area contributed by atoms with Crippen LogP contribution in [-0.2, 0) is 18.4 Å². The number of amides is 1. The lowest BCUT2D eigenvalue weighted by atomic mass is 9.85. The Bertz CT molecular complexity index is 910. The maximum atomic E-state index is 12.8. The van der Waals surface area contributed by atoms with Gasteiger partial charge in [0, 0.05) is 6.42 Å². The molecular weight excluding hydrogens is 665 g/mol. The Morgan fingerprint density at radius 1 is 0.660 bits per heavy atom. The summed E-state index contributed by atoms with van der Waals surface area (Å²) in [5.74, 6) is -0.343. The Balaban J connectivity index is 2.60. The largest absolute Gasteiger partial charge is 0.472 e. The van der Waals surface area contributed by atoms with Crippen molar-refractivity contribution in [1.29, 1.82) is 0 Å². The number of aliphatic hydroxyl groups excluding tert-OH is 6. The number of allylic oxidation sites excluding steroid dienone is 1. The summed E-state index contributed by atoms with van der Waals surface area (Å²) in [7, 11) is -5.06. The molecule has 1 fully saturated rings. The Labute approximate surface area is 301 Å². The predicted molar refractivity (Wildman–Crippen MR) is 195 cm³/mol. The second-order valence-electron chi connectivity index (χ2n) is 14.1. The van der Waals surface area contributed by atoms with Gasteiger partial charge in [-0.15, -0.1) is 0 Å². The number of aliphatic hydroxyl groups is 6. The van der Waals surface area contributed by atoms with Crippen LogP contribution >= 0.6 is 7.82 Å². The minimum absolute atomic E-state index is 0.217. The lowest BCUT2D eigenvalue weighted by Gasteiger charge is -2.41. The van der Waals surface area contributed by atoms with Crippen LogP contribution in [0.5, 0.6) is 0 Å². The lowest BCUT2D eigenvalue weighted by Crippen LogP contribution is -2.64. The molecule has 6 unspecified atom stereocenters. The Kier molecular flexibility index (Phi) is 26.9. The summed E-state index contributed by atoms with van der Waals surface area (Å²) in [5, 5.41) is 63.6. The fraction of sp³-hybridized carbons (Fsp3) is 0.919. The Hall–Kier alpha value is -0.920. The van der Waals surface area contributed by atoms with Crippen molar-refractivity contribution >= 4 is 13.7 Å². The van der Waals surface area contributed by atoms with Crippen LogP contribution < -0.4 is 5.32 Å². The van der Waals surface area contributed by atoms with Crippen LogP contribution in [0.25, 0.3) is 0 Å². The third kappa shape index (κ3) is 20.9. The van der Waals surface area contributed by atoms with Crippen molar-refractivity contribution in [3.8, 4) is 0 Å². The van der Waals surface area contributed by atoms with Gasteiger partial charge in [0.25, 0.3) is 0 Å². The molecule has 0 saturated heterocycles. The number of carbonyl (C=O) groups excluding carboxylic acids is 1. The third-order valence-corrected chi connectivity index (χ3v) is 10.6. The van der Waals surface area contributed by atoms with Crippen LogP contribution in [0.2, 0.25) is 0 Å². The molecule has 0 aliphatic heterocycles. The molecule has 0 spiro atoms. The van der Waals surface area contributed by atoms with Gasteiger partial charge < -0.3 is 40.8 Å². The first kappa shape index (κ1) is 47.1. The molecule has 1 aliphatic rings. The Morgan fingerprint density at radius 2 is 1.06 bits per heavy atom. The maximum Gasteiger partial charge on any atom is 0.472 e. The second-order valence-corrected chi connectivity index (χ2v) is 15.5. The van der Waals surface area contributed by atoms with Gasteiger partial charge in [-0.1, -0.05) is 148 Å². The van der Waals surface area contributed by atoms with Crippen molar-refractivity contribution in [2.45, 2.75) is 210 Å². The van der Waals surface area contributed by atoms with Crippen molar-refractivity contribution < 1.29 is 53.9 Å². The summed E-state index contributed by atoms with van der Waals surface area (Å²) in [5.41, 5.74) is 0. The summed E-state index contributed by atoms with van der Waals surface area (Å²) < 4.78 is 22.7. The molecule has 50 heavy (non-hydrogen) atoms. The highest BCUT2D eigenvalue weighted by Gasteiger charge is 2.51. The standard InChI is InChI=1S/C37H72NO11P/c1-3-5-7-9-11-13-15-17-19-21-23-25-27-31(40)38-29(30(39)26-24-22-20-18-16-14-12-10-8-6-4-2)28-48-50(46,47)49-37-35(44)33(42)32(41)34(43)36(37)45/h24,26,29-30,32-37,39,41-45H,3-23,25,27-28H2,1-2H3,(H,38,40)(H,46,47)/b26-24+/t29-,30+,32?,33+,34?,35?,36?,37?/m0/s1. The highest BCUT2D eigenvalue weighted by atomic mass is 31.2. The molecular formula is C37H72NO11P. The van der Waals surface area contributed by atoms with E-state index in [4.69, 9.17) is 9.05 Å². The number of nitrogens with one attached hydrogen (secondary N) is 1. The zero-order valence-corrected chi connectivity index (χ0v) is 31.8. The molecule has 1 saturated carbocycles. The molecule has 8 N–H and O–H groups in total. The van der Waals surface area contributed by atoms with Gasteiger partial charge in [0.05, 0.1) is 18.8 Å². The second kappa shape index (κ2) is 28.6. The van der Waals surface area contributed by atoms with Crippen molar-refractivity contribution in [3.63, 3.8) is 0 Å². The van der Waals surface area contributed by atoms with Crippen molar-refractivity contribution in [2.24, 2.45) is 0 Å². The molecule has 0 radical (unpaired) electrons. The quantitative estimate of drug-likeness (QED) is 0.0245. The zero-order chi connectivity index (χ0) is 37.2. The number of carbonyl (C=O) groups is 1. The van der Waals surface area contributed by atoms with Gasteiger partial charge in [-0.05, 0) is 19.3 Å². The summed E-state index contributed by atoms with van der Waals surface area (Å²) in [6.45, 7) is 3.78. The molecule has 9 atom stereocenters. The van der Waals surface area contributed by atoms with E-state index >= 15 is 0 Å². The fourth-order valence-corrected chi connectivity index (χ4v) is 7.22. The topological polar surface area (TPSA) is 206 Å². The number of phosphoric acid groups is 1. The molecule has 12 nitrogen and oxygen atoms in total. The molecule has 0 heterocycles. The van der Waals surface area contributed by atoms with Crippen LogP contribution in [0.1, 0.15) is 162 Å². The summed E-state index contributed by atoms with van der Waals surface area (Å²) >= 11 is 0. The molecule has 1 aliphatic carbocycles. The summed E-state index contributed by atoms with van der Waals surface area (Å²) in [6, 6.07) is -1.11. The van der Waals surface area contributed by atoms with E-state index in [2.05, 4.69) is 19.2 Å². The van der Waals surface area contributed by atoms with Crippen molar-refractivity contribution in [2.75, 3.05) is 6.61 Å². The van der Waals surface area contributed by atoms with Crippen molar-refractivity contribution in [3.05, 3.63) is 12.2 Å². The SMILES string of the molecule is CCCCCCCCCCC/C=C/[C@@H](O)[C@H](COP(=O)(O)OC1C(O)C(O)C(O)[C@@H](O)C1O)NC(=O)CCCCCCCCCCCCCC. The zero-order valence-electron chi connectivity index (χ0n) is 31.0. The van der Waals surface area contributed by atoms with Crippen molar-refractivity contribution in [1.82, 2.24) is 5.32 Å². The first-order valence-electron chi connectivity index (χ1n) is 19.6. The molecule has 296 valence electrons. The van der Waals surface area contributed by atoms with Gasteiger partial charge in [-0.3, -0.25) is 13.8 Å². The molecule has 1 rings (SSSR count). The minimum Gasteiger partial charge on any atom is -0.387 e. The predicted octanol–water partition coefficient (Wildman–Crippen LogP) is 5.72. The molecule has 0 aromatic carbocycles. The molecule has 1 amide bonds. The number of unbranched alkanes of at least 4 members (excludes halogenated alkanes) is 20. The average Bonchev–Trinajstić information content (AvgIpc) is 3.09. The Morgan fingerprint density at radius 3 is 1.52 bits per heavy atom. The number of rotatable bonds is 31. The highest BCUT2D eigenvalue weighted by Crippen LogP contribution is 2.47. The maximum absolute atomic E-state index is 12.8. The monoisotopic (exact) mass is 737 g/mol. The van der Waals surface area contributed by atoms with Crippen LogP contribution in [0.4, 0.5) is 0 Å². The van der Waals surface area contributed by atoms with Gasteiger partial charge in [-0.25, -0.2) is 4.57 Å². The summed E-state index contributed by atoms with van der Waals surface area (Å²) in [6.07, 6.45) is 15.9. The van der Waals surface area contributed by atoms with Crippen LogP contribution in [-0.4, -0.2) is 96.8 Å². The smallest absolute Gasteiger partial charge is 0.387 e. The highest BCUT2D eigenvalue weighted by molar-refractivity contribution is 7.47. The summed E-state index contributed by atoms with van der Waals surface area (Å²) in [4.78, 5) is 23.2. The normalized spacial score (nSPS) is 25.1. The van der Waals surface area contributed by atoms with E-state index in [-0.39, 0.29) is 12.3 Å². The van der Waals surface area contributed by atoms with E-state index in [0.29, 0.717) is 6.42 Å². The molecule has 13 heteroatoms. The van der Waals surface area contributed by atoms with Gasteiger partial charge in [0.2, 0.25) is 5.91 Å². The van der Waals surface area contributed by atoms with Gasteiger partial charge in [-0.2, -0.15) is 0 Å². The first-order valence-corrected chi connectivity index (χ1v) is 21.1. The van der Waals surface area contributed by atoms with E-state index in [1.807, 2.05) is 6.08 Å². The average molecular weight is 738 g/mol. The van der Waals surface area contributed by atoms with Gasteiger partial charge >= 0.3 is 7.82 Å². The number of hydrogen-bond donors (Lipinski definition) is 8. The lowest BCUT2D eigenvalue weighted by molar-refractivity contribution is -0.220. The van der Waals surface area contributed by atoms with Gasteiger partial charge in [0.1, 0.15) is 36.6 Å². The number of hydrogen-bond acceptors (Lipinski definition) is 10.